The lowest BCUT2D eigenvalue weighted by atomic mass is 10.0. The Morgan fingerprint density at radius 2 is 2.00 bits per heavy atom. The van der Waals surface area contributed by atoms with E-state index in [4.69, 9.17) is 9.47 Å². The SMILES string of the molecule is CNC(=O)CCOc1cc2c(C)cccc2cc1C(=O)OC. The zero-order chi connectivity index (χ0) is 16.1. The maximum atomic E-state index is 11.9. The topological polar surface area (TPSA) is 64.6 Å². The lowest BCUT2D eigenvalue weighted by Gasteiger charge is -2.12. The molecule has 5 heteroatoms. The zero-order valence-corrected chi connectivity index (χ0v) is 12.9. The molecule has 0 atom stereocenters. The van der Waals surface area contributed by atoms with Crippen molar-refractivity contribution in [3.63, 3.8) is 0 Å². The summed E-state index contributed by atoms with van der Waals surface area (Å²) in [5.41, 5.74) is 1.45. The highest BCUT2D eigenvalue weighted by Gasteiger charge is 2.15. The minimum absolute atomic E-state index is 0.114. The van der Waals surface area contributed by atoms with Gasteiger partial charge in [0, 0.05) is 7.05 Å². The van der Waals surface area contributed by atoms with Crippen LogP contribution in [0.25, 0.3) is 10.8 Å². The molecule has 2 rings (SSSR count). The number of hydrogen-bond donors (Lipinski definition) is 1. The number of ether oxygens (including phenoxy) is 2. The minimum Gasteiger partial charge on any atom is -0.492 e. The molecule has 1 N–H and O–H groups in total. The van der Waals surface area contributed by atoms with Crippen LogP contribution in [0.5, 0.6) is 5.75 Å². The fraction of sp³-hybridized carbons (Fsp3) is 0.294. The summed E-state index contributed by atoms with van der Waals surface area (Å²) in [7, 11) is 2.90. The summed E-state index contributed by atoms with van der Waals surface area (Å²) in [5, 5.41) is 4.48. The van der Waals surface area contributed by atoms with Gasteiger partial charge in [0.1, 0.15) is 11.3 Å². The Morgan fingerprint density at radius 1 is 1.23 bits per heavy atom. The first-order chi connectivity index (χ1) is 10.6. The van der Waals surface area contributed by atoms with Crippen molar-refractivity contribution in [2.45, 2.75) is 13.3 Å². The molecule has 0 bridgehead atoms. The predicted octanol–water partition coefficient (Wildman–Crippen LogP) is 2.45. The van der Waals surface area contributed by atoms with Crippen molar-refractivity contribution in [1.82, 2.24) is 5.32 Å². The van der Waals surface area contributed by atoms with E-state index in [1.54, 1.807) is 13.1 Å². The number of nitrogens with one attached hydrogen (secondary N) is 1. The fourth-order valence-corrected chi connectivity index (χ4v) is 2.23. The third-order valence-corrected chi connectivity index (χ3v) is 3.47. The Balaban J connectivity index is 2.38. The molecule has 0 unspecified atom stereocenters. The van der Waals surface area contributed by atoms with Crippen molar-refractivity contribution >= 4 is 22.6 Å². The summed E-state index contributed by atoms with van der Waals surface area (Å²) in [5.74, 6) is -0.146. The first kappa shape index (κ1) is 15.8. The average molecular weight is 301 g/mol. The molecular formula is C17H19NO4. The number of carbonyl (C=O) groups excluding carboxylic acids is 2. The molecule has 0 aliphatic heterocycles. The van der Waals surface area contributed by atoms with Crippen molar-refractivity contribution in [3.8, 4) is 5.75 Å². The Hall–Kier alpha value is -2.56. The van der Waals surface area contributed by atoms with Gasteiger partial charge in [0.25, 0.3) is 0 Å². The first-order valence-corrected chi connectivity index (χ1v) is 7.02. The van der Waals surface area contributed by atoms with E-state index in [1.807, 2.05) is 31.2 Å². The molecule has 22 heavy (non-hydrogen) atoms. The minimum atomic E-state index is -0.460. The van der Waals surface area contributed by atoms with Crippen molar-refractivity contribution in [2.75, 3.05) is 20.8 Å². The molecule has 0 aliphatic rings. The first-order valence-electron chi connectivity index (χ1n) is 7.02. The maximum Gasteiger partial charge on any atom is 0.341 e. The summed E-state index contributed by atoms with van der Waals surface area (Å²) in [6, 6.07) is 9.44. The van der Waals surface area contributed by atoms with E-state index in [-0.39, 0.29) is 18.9 Å². The van der Waals surface area contributed by atoms with Crippen LogP contribution in [0.15, 0.2) is 30.3 Å². The summed E-state index contributed by atoms with van der Waals surface area (Å²) >= 11 is 0. The number of fused-ring (bicyclic) bond motifs is 1. The van der Waals surface area contributed by atoms with Gasteiger partial charge in [-0.25, -0.2) is 4.79 Å². The van der Waals surface area contributed by atoms with Crippen molar-refractivity contribution in [1.29, 1.82) is 0 Å². The molecule has 0 spiro atoms. The lowest BCUT2D eigenvalue weighted by Crippen LogP contribution is -2.20. The second-order valence-corrected chi connectivity index (χ2v) is 4.91. The number of benzene rings is 2. The highest BCUT2D eigenvalue weighted by molar-refractivity contribution is 5.99. The van der Waals surface area contributed by atoms with Gasteiger partial charge in [0.2, 0.25) is 5.91 Å². The molecule has 0 radical (unpaired) electrons. The molecule has 116 valence electrons. The molecule has 5 nitrogen and oxygen atoms in total. The highest BCUT2D eigenvalue weighted by atomic mass is 16.5. The van der Waals surface area contributed by atoms with Crippen molar-refractivity contribution in [3.05, 3.63) is 41.5 Å². The molecule has 0 aromatic heterocycles. The number of methoxy groups -OCH3 is 1. The monoisotopic (exact) mass is 301 g/mol. The largest absolute Gasteiger partial charge is 0.492 e. The molecule has 0 fully saturated rings. The van der Waals surface area contributed by atoms with Crippen LogP contribution in [-0.2, 0) is 9.53 Å². The van der Waals surface area contributed by atoms with Crippen molar-refractivity contribution in [2.24, 2.45) is 0 Å². The number of amides is 1. The van der Waals surface area contributed by atoms with Crippen LogP contribution in [0.3, 0.4) is 0 Å². The van der Waals surface area contributed by atoms with E-state index in [0.29, 0.717) is 11.3 Å². The van der Waals surface area contributed by atoms with Gasteiger partial charge in [-0.2, -0.15) is 0 Å². The summed E-state index contributed by atoms with van der Waals surface area (Å²) < 4.78 is 10.4. The Labute approximate surface area is 129 Å². The van der Waals surface area contributed by atoms with Gasteiger partial charge in [-0.05, 0) is 35.4 Å². The lowest BCUT2D eigenvalue weighted by molar-refractivity contribution is -0.121. The molecular weight excluding hydrogens is 282 g/mol. The average Bonchev–Trinajstić information content (AvgIpc) is 2.54. The molecule has 0 saturated heterocycles. The zero-order valence-electron chi connectivity index (χ0n) is 12.9. The van der Waals surface area contributed by atoms with Gasteiger partial charge < -0.3 is 14.8 Å². The van der Waals surface area contributed by atoms with Crippen LogP contribution in [0.1, 0.15) is 22.3 Å². The van der Waals surface area contributed by atoms with Gasteiger partial charge in [0.05, 0.1) is 20.1 Å². The molecule has 1 amide bonds. The van der Waals surface area contributed by atoms with E-state index in [0.717, 1.165) is 16.3 Å². The molecule has 0 saturated carbocycles. The number of carbonyl (C=O) groups is 2. The van der Waals surface area contributed by atoms with Gasteiger partial charge >= 0.3 is 5.97 Å². The molecule has 0 aliphatic carbocycles. The maximum absolute atomic E-state index is 11.9. The Kier molecular flexibility index (Phi) is 4.99. The second-order valence-electron chi connectivity index (χ2n) is 4.91. The van der Waals surface area contributed by atoms with Crippen LogP contribution in [-0.4, -0.2) is 32.6 Å². The Morgan fingerprint density at radius 3 is 2.68 bits per heavy atom. The van der Waals surface area contributed by atoms with Crippen LogP contribution in [0.4, 0.5) is 0 Å². The third-order valence-electron chi connectivity index (χ3n) is 3.47. The Bertz CT molecular complexity index is 709. The van der Waals surface area contributed by atoms with E-state index in [2.05, 4.69) is 5.32 Å². The molecule has 2 aromatic carbocycles. The van der Waals surface area contributed by atoms with E-state index in [1.165, 1.54) is 7.11 Å². The van der Waals surface area contributed by atoms with E-state index < -0.39 is 5.97 Å². The summed E-state index contributed by atoms with van der Waals surface area (Å²) in [4.78, 5) is 23.2. The van der Waals surface area contributed by atoms with Crippen LogP contribution in [0, 0.1) is 6.92 Å². The van der Waals surface area contributed by atoms with E-state index in [9.17, 15) is 9.59 Å². The fourth-order valence-electron chi connectivity index (χ4n) is 2.23. The van der Waals surface area contributed by atoms with Gasteiger partial charge in [-0.3, -0.25) is 4.79 Å². The van der Waals surface area contributed by atoms with Gasteiger partial charge in [-0.15, -0.1) is 0 Å². The van der Waals surface area contributed by atoms with Crippen LogP contribution in [0.2, 0.25) is 0 Å². The van der Waals surface area contributed by atoms with Crippen molar-refractivity contribution < 1.29 is 19.1 Å². The number of hydrogen-bond acceptors (Lipinski definition) is 4. The standard InChI is InChI=1S/C17H19NO4/c1-11-5-4-6-12-9-14(17(20)21-3)15(10-13(11)12)22-8-7-16(19)18-2/h4-6,9-10H,7-8H2,1-3H3,(H,18,19). The molecule has 2 aromatic rings. The second kappa shape index (κ2) is 6.93. The van der Waals surface area contributed by atoms with E-state index >= 15 is 0 Å². The molecule has 0 heterocycles. The third kappa shape index (κ3) is 3.36. The number of aryl methyl sites for hydroxylation is 1. The quantitative estimate of drug-likeness (QED) is 0.862. The summed E-state index contributed by atoms with van der Waals surface area (Å²) in [6.07, 6.45) is 0.225. The predicted molar refractivity (Wildman–Crippen MR) is 84.2 cm³/mol. The normalized spacial score (nSPS) is 10.3. The van der Waals surface area contributed by atoms with Gasteiger partial charge in [-0.1, -0.05) is 18.2 Å². The number of rotatable bonds is 5. The van der Waals surface area contributed by atoms with Crippen LogP contribution >= 0.6 is 0 Å². The number of esters is 1. The van der Waals surface area contributed by atoms with Gasteiger partial charge in [0.15, 0.2) is 0 Å². The smallest absolute Gasteiger partial charge is 0.341 e. The van der Waals surface area contributed by atoms with Crippen LogP contribution < -0.4 is 10.1 Å². The summed E-state index contributed by atoms with van der Waals surface area (Å²) in [6.45, 7) is 2.19. The highest BCUT2D eigenvalue weighted by Crippen LogP contribution is 2.29.